The van der Waals surface area contributed by atoms with Gasteiger partial charge in [-0.3, -0.25) is 9.59 Å². The first-order valence-electron chi connectivity index (χ1n) is 11.4. The lowest BCUT2D eigenvalue weighted by molar-refractivity contribution is -0.115. The van der Waals surface area contributed by atoms with Gasteiger partial charge in [-0.05, 0) is 95.2 Å². The maximum absolute atomic E-state index is 13.4. The molecule has 1 amide bonds. The number of amides is 1. The van der Waals surface area contributed by atoms with Crippen LogP contribution in [0.15, 0.2) is 112 Å². The third-order valence-corrected chi connectivity index (χ3v) is 7.51. The van der Waals surface area contributed by atoms with Gasteiger partial charge in [-0.1, -0.05) is 48.5 Å². The molecule has 0 bridgehead atoms. The summed E-state index contributed by atoms with van der Waals surface area (Å²) in [4.78, 5) is 25.8. The predicted octanol–water partition coefficient (Wildman–Crippen LogP) is 7.93. The minimum Gasteiger partial charge on any atom is -0.332 e. The molecule has 37 heavy (non-hydrogen) atoms. The van der Waals surface area contributed by atoms with E-state index in [0.29, 0.717) is 10.7 Å². The van der Waals surface area contributed by atoms with Crippen LogP contribution in [0.25, 0.3) is 0 Å². The summed E-state index contributed by atoms with van der Waals surface area (Å²) in [5.74, 6) is -0.104. The number of halogens is 1. The number of carbonyl (C=O) groups is 2. The van der Waals surface area contributed by atoms with Crippen molar-refractivity contribution in [3.05, 3.63) is 119 Å². The average Bonchev–Trinajstić information content (AvgIpc) is 2.89. The van der Waals surface area contributed by atoms with Crippen LogP contribution in [0.1, 0.15) is 28.1 Å². The number of thioether (sulfide) groups is 1. The molecule has 0 aliphatic carbocycles. The van der Waals surface area contributed by atoms with Gasteiger partial charge < -0.3 is 16.0 Å². The largest absolute Gasteiger partial charge is 0.332 e. The number of carbonyl (C=O) groups excluding carboxylic acids is 2. The molecule has 0 aliphatic rings. The molecule has 8 heteroatoms. The Morgan fingerprint density at radius 1 is 0.784 bits per heavy atom. The lowest BCUT2D eigenvalue weighted by Crippen LogP contribution is -2.20. The molecule has 0 spiro atoms. The molecule has 1 unspecified atom stereocenters. The van der Waals surface area contributed by atoms with Gasteiger partial charge in [0.05, 0.1) is 5.69 Å². The van der Waals surface area contributed by atoms with Crippen LogP contribution in [0.3, 0.4) is 0 Å². The summed E-state index contributed by atoms with van der Waals surface area (Å²) in [6, 6.07) is 32.1. The molecule has 1 atom stereocenters. The van der Waals surface area contributed by atoms with Crippen LogP contribution in [0.5, 0.6) is 0 Å². The predicted molar refractivity (Wildman–Crippen MR) is 161 cm³/mol. The van der Waals surface area contributed by atoms with Crippen LogP contribution in [0.2, 0.25) is 0 Å². The summed E-state index contributed by atoms with van der Waals surface area (Å²) in [5, 5.41) is 9.31. The Morgan fingerprint density at radius 2 is 1.46 bits per heavy atom. The zero-order valence-electron chi connectivity index (χ0n) is 19.9. The van der Waals surface area contributed by atoms with E-state index in [1.807, 2.05) is 91.0 Å². The topological polar surface area (TPSA) is 70.2 Å². The van der Waals surface area contributed by atoms with E-state index >= 15 is 0 Å². The third kappa shape index (κ3) is 7.52. The van der Waals surface area contributed by atoms with Crippen molar-refractivity contribution in [3.8, 4) is 0 Å². The van der Waals surface area contributed by atoms with Crippen LogP contribution in [0, 0.1) is 0 Å². The van der Waals surface area contributed by atoms with Gasteiger partial charge in [0.15, 0.2) is 10.9 Å². The van der Waals surface area contributed by atoms with E-state index in [0.717, 1.165) is 32.0 Å². The number of thiocarbonyl (C=S) groups is 1. The quantitative estimate of drug-likeness (QED) is 0.110. The number of rotatable bonds is 8. The Kier molecular flexibility index (Phi) is 9.11. The Bertz CT molecular complexity index is 1410. The van der Waals surface area contributed by atoms with E-state index < -0.39 is 5.25 Å². The molecule has 3 N–H and O–H groups in total. The van der Waals surface area contributed by atoms with E-state index in [1.165, 1.54) is 18.7 Å². The second-order valence-corrected chi connectivity index (χ2v) is 10.6. The number of hydrogen-bond acceptors (Lipinski definition) is 4. The highest BCUT2D eigenvalue weighted by Crippen LogP contribution is 2.37. The lowest BCUT2D eigenvalue weighted by atomic mass is 10.1. The van der Waals surface area contributed by atoms with Gasteiger partial charge >= 0.3 is 0 Å². The lowest BCUT2D eigenvalue weighted by Gasteiger charge is -2.18. The Labute approximate surface area is 234 Å². The first kappa shape index (κ1) is 26.6. The van der Waals surface area contributed by atoms with Crippen LogP contribution < -0.4 is 16.0 Å². The highest BCUT2D eigenvalue weighted by atomic mass is 79.9. The van der Waals surface area contributed by atoms with E-state index in [1.54, 1.807) is 12.1 Å². The Balaban J connectivity index is 1.47. The number of para-hydroxylation sites is 1. The van der Waals surface area contributed by atoms with E-state index in [-0.39, 0.29) is 11.7 Å². The number of nitrogens with one attached hydrogen (secondary N) is 3. The molecule has 0 aliphatic heterocycles. The standard InChI is InChI=1S/C29H24BrN3O2S2/c1-19(34)20-14-16-22(17-15-20)31-29(36)32-23-10-7-11-24(18-23)37-27(21-8-3-2-4-9-21)28(35)33-26-13-6-5-12-25(26)30/h2-18,27H,1H3,(H,33,35)(H2,31,32,36). The maximum Gasteiger partial charge on any atom is 0.242 e. The SMILES string of the molecule is CC(=O)c1ccc(NC(=S)Nc2cccc(SC(C(=O)Nc3ccccc3Br)c3ccccc3)c2)cc1. The molecule has 4 aromatic rings. The molecule has 0 saturated carbocycles. The Morgan fingerprint density at radius 3 is 2.16 bits per heavy atom. The first-order valence-corrected chi connectivity index (χ1v) is 13.5. The van der Waals surface area contributed by atoms with E-state index in [9.17, 15) is 9.59 Å². The van der Waals surface area contributed by atoms with Crippen molar-refractivity contribution in [2.24, 2.45) is 0 Å². The van der Waals surface area contributed by atoms with E-state index in [2.05, 4.69) is 31.9 Å². The van der Waals surface area contributed by atoms with Crippen LogP contribution in [0.4, 0.5) is 17.1 Å². The van der Waals surface area contributed by atoms with E-state index in [4.69, 9.17) is 12.2 Å². The van der Waals surface area contributed by atoms with Crippen molar-refractivity contribution in [3.63, 3.8) is 0 Å². The summed E-state index contributed by atoms with van der Waals surface area (Å²) in [5.41, 5.74) is 3.84. The van der Waals surface area contributed by atoms with Crippen molar-refractivity contribution in [1.29, 1.82) is 0 Å². The molecule has 0 heterocycles. The minimum atomic E-state index is -0.464. The van der Waals surface area contributed by atoms with Crippen molar-refractivity contribution in [2.75, 3.05) is 16.0 Å². The van der Waals surface area contributed by atoms with Gasteiger partial charge in [0, 0.05) is 26.3 Å². The number of benzene rings is 4. The van der Waals surface area contributed by atoms with Crippen molar-refractivity contribution in [2.45, 2.75) is 17.1 Å². The Hall–Kier alpha value is -3.46. The monoisotopic (exact) mass is 589 g/mol. The van der Waals surface area contributed by atoms with Gasteiger partial charge in [0.25, 0.3) is 0 Å². The summed E-state index contributed by atoms with van der Waals surface area (Å²) < 4.78 is 0.823. The molecular formula is C29H24BrN3O2S2. The molecule has 0 radical (unpaired) electrons. The number of anilines is 3. The first-order chi connectivity index (χ1) is 17.9. The summed E-state index contributed by atoms with van der Waals surface area (Å²) >= 11 is 10.4. The smallest absolute Gasteiger partial charge is 0.242 e. The van der Waals surface area contributed by atoms with Crippen LogP contribution in [-0.4, -0.2) is 16.8 Å². The molecule has 0 fully saturated rings. The normalized spacial score (nSPS) is 11.3. The summed E-state index contributed by atoms with van der Waals surface area (Å²) in [7, 11) is 0. The maximum atomic E-state index is 13.4. The van der Waals surface area contributed by atoms with Crippen molar-refractivity contribution < 1.29 is 9.59 Å². The molecule has 186 valence electrons. The zero-order valence-corrected chi connectivity index (χ0v) is 23.1. The zero-order chi connectivity index (χ0) is 26.2. The molecule has 0 saturated heterocycles. The van der Waals surface area contributed by atoms with Gasteiger partial charge in [-0.25, -0.2) is 0 Å². The van der Waals surface area contributed by atoms with Crippen molar-refractivity contribution in [1.82, 2.24) is 0 Å². The van der Waals surface area contributed by atoms with Gasteiger partial charge in [-0.2, -0.15) is 0 Å². The summed E-state index contributed by atoms with van der Waals surface area (Å²) in [6.07, 6.45) is 0. The number of ketones is 1. The molecule has 5 nitrogen and oxygen atoms in total. The molecule has 0 aromatic heterocycles. The fourth-order valence-electron chi connectivity index (χ4n) is 3.53. The second-order valence-electron chi connectivity index (χ2n) is 8.12. The van der Waals surface area contributed by atoms with Crippen LogP contribution in [-0.2, 0) is 4.79 Å². The fraction of sp³-hybridized carbons (Fsp3) is 0.0690. The molecule has 4 rings (SSSR count). The highest BCUT2D eigenvalue weighted by molar-refractivity contribution is 9.10. The number of hydrogen-bond donors (Lipinski definition) is 3. The summed E-state index contributed by atoms with van der Waals surface area (Å²) in [6.45, 7) is 1.53. The van der Waals surface area contributed by atoms with Crippen molar-refractivity contribution >= 4 is 73.8 Å². The molecule has 4 aromatic carbocycles. The van der Waals surface area contributed by atoms with Gasteiger partial charge in [0.2, 0.25) is 5.91 Å². The molecular weight excluding hydrogens is 566 g/mol. The average molecular weight is 591 g/mol. The fourth-order valence-corrected chi connectivity index (χ4v) is 5.23. The highest BCUT2D eigenvalue weighted by Gasteiger charge is 2.23. The minimum absolute atomic E-state index is 0.0143. The second kappa shape index (κ2) is 12.7. The van der Waals surface area contributed by atoms with Gasteiger partial charge in [-0.15, -0.1) is 11.8 Å². The van der Waals surface area contributed by atoms with Gasteiger partial charge in [0.1, 0.15) is 5.25 Å². The van der Waals surface area contributed by atoms with Crippen LogP contribution >= 0.6 is 39.9 Å². The third-order valence-electron chi connectivity index (χ3n) is 5.37. The number of Topliss-reactive ketones (excluding diaryl/α,β-unsaturated/α-hetero) is 1.